The maximum atomic E-state index is 12.4. The molecular weight excluding hydrogens is 325 g/mol. The van der Waals surface area contributed by atoms with E-state index in [2.05, 4.69) is 11.7 Å². The van der Waals surface area contributed by atoms with Crippen LogP contribution >= 0.6 is 0 Å². The molecule has 1 nitrogen and oxygen atoms in total. The van der Waals surface area contributed by atoms with Crippen molar-refractivity contribution in [2.75, 3.05) is 0 Å². The summed E-state index contributed by atoms with van der Waals surface area (Å²) in [4.78, 5) is 0. The fraction of sp³-hybridized carbons (Fsp3) is 0.714. The van der Waals surface area contributed by atoms with Gasteiger partial charge in [0, 0.05) is 0 Å². The Hall–Kier alpha value is -1.19. The number of ether oxygens (including phenoxy) is 1. The molecule has 0 radical (unpaired) electrons. The smallest absolute Gasteiger partial charge is 0.406 e. The first-order chi connectivity index (χ1) is 11.8. The van der Waals surface area contributed by atoms with Crippen molar-refractivity contribution in [2.45, 2.75) is 77.5 Å². The van der Waals surface area contributed by atoms with Crippen molar-refractivity contribution >= 4 is 0 Å². The summed E-state index contributed by atoms with van der Waals surface area (Å²) in [6.45, 7) is 4.06. The van der Waals surface area contributed by atoms with Gasteiger partial charge in [-0.3, -0.25) is 0 Å². The Labute approximate surface area is 149 Å². The third-order valence-electron chi connectivity index (χ3n) is 6.40. The third kappa shape index (κ3) is 4.92. The van der Waals surface area contributed by atoms with Gasteiger partial charge in [-0.25, -0.2) is 0 Å². The van der Waals surface area contributed by atoms with Gasteiger partial charge in [0.15, 0.2) is 0 Å². The predicted molar refractivity (Wildman–Crippen MR) is 93.7 cm³/mol. The molecule has 0 saturated heterocycles. The number of hydrogen-bond acceptors (Lipinski definition) is 1. The molecule has 0 aliphatic heterocycles. The number of alkyl halides is 3. The Kier molecular flexibility index (Phi) is 5.65. The van der Waals surface area contributed by atoms with E-state index < -0.39 is 6.36 Å². The van der Waals surface area contributed by atoms with Gasteiger partial charge in [0.1, 0.15) is 5.75 Å². The highest BCUT2D eigenvalue weighted by atomic mass is 19.4. The maximum absolute atomic E-state index is 12.4. The second-order valence-electron chi connectivity index (χ2n) is 8.20. The summed E-state index contributed by atoms with van der Waals surface area (Å²) in [6.07, 6.45) is 5.77. The molecular formula is C21H29F3O. The molecule has 1 aromatic rings. The summed E-state index contributed by atoms with van der Waals surface area (Å²) in [6, 6.07) is 5.18. The molecule has 3 rings (SSSR count). The monoisotopic (exact) mass is 354 g/mol. The minimum absolute atomic E-state index is 0.0822. The Morgan fingerprint density at radius 1 is 0.880 bits per heavy atom. The third-order valence-corrected chi connectivity index (χ3v) is 6.40. The van der Waals surface area contributed by atoms with E-state index in [0.717, 1.165) is 30.6 Å². The molecule has 140 valence electrons. The van der Waals surface area contributed by atoms with Crippen LogP contribution in [0.2, 0.25) is 0 Å². The summed E-state index contributed by atoms with van der Waals surface area (Å²) in [5.74, 6) is 3.06. The van der Waals surface area contributed by atoms with Crippen LogP contribution in [0, 0.1) is 24.7 Å². The van der Waals surface area contributed by atoms with Crippen LogP contribution in [-0.2, 0) is 0 Å². The van der Waals surface area contributed by atoms with Crippen LogP contribution < -0.4 is 4.74 Å². The summed E-state index contributed by atoms with van der Waals surface area (Å²) < 4.78 is 41.3. The van der Waals surface area contributed by atoms with Gasteiger partial charge >= 0.3 is 6.36 Å². The lowest BCUT2D eigenvalue weighted by molar-refractivity contribution is -0.274. The van der Waals surface area contributed by atoms with Crippen molar-refractivity contribution in [3.05, 3.63) is 29.3 Å². The molecule has 0 unspecified atom stereocenters. The van der Waals surface area contributed by atoms with E-state index in [0.29, 0.717) is 11.5 Å². The molecule has 0 bridgehead atoms. The number of rotatable bonds is 3. The average molecular weight is 354 g/mol. The SMILES string of the molecule is Cc1cc(C2CCC(C3CCC(C)CC3)CC2)ccc1OC(F)(F)F. The topological polar surface area (TPSA) is 9.23 Å². The second-order valence-corrected chi connectivity index (χ2v) is 8.20. The molecule has 2 aliphatic carbocycles. The van der Waals surface area contributed by atoms with Gasteiger partial charge < -0.3 is 4.74 Å². The highest BCUT2D eigenvalue weighted by molar-refractivity contribution is 5.38. The van der Waals surface area contributed by atoms with Crippen LogP contribution in [0.5, 0.6) is 5.75 Å². The normalized spacial score (nSPS) is 30.9. The zero-order valence-corrected chi connectivity index (χ0v) is 15.2. The summed E-state index contributed by atoms with van der Waals surface area (Å²) in [5, 5.41) is 0. The number of hydrogen-bond donors (Lipinski definition) is 0. The number of halogens is 3. The van der Waals surface area contributed by atoms with Gasteiger partial charge in [-0.15, -0.1) is 13.2 Å². The van der Waals surface area contributed by atoms with Gasteiger partial charge in [-0.1, -0.05) is 31.9 Å². The van der Waals surface area contributed by atoms with Gasteiger partial charge in [-0.2, -0.15) is 0 Å². The van der Waals surface area contributed by atoms with Gasteiger partial charge in [0.05, 0.1) is 0 Å². The maximum Gasteiger partial charge on any atom is 0.573 e. The highest BCUT2D eigenvalue weighted by Gasteiger charge is 2.33. The van der Waals surface area contributed by atoms with E-state index in [1.165, 1.54) is 50.2 Å². The first kappa shape index (κ1) is 18.6. The van der Waals surface area contributed by atoms with E-state index in [-0.39, 0.29) is 5.75 Å². The van der Waals surface area contributed by atoms with Gasteiger partial charge in [-0.05, 0) is 86.3 Å². The first-order valence-corrected chi connectivity index (χ1v) is 9.68. The van der Waals surface area contributed by atoms with E-state index in [1.807, 2.05) is 12.1 Å². The minimum atomic E-state index is -4.62. The lowest BCUT2D eigenvalue weighted by atomic mass is 9.68. The minimum Gasteiger partial charge on any atom is -0.406 e. The molecule has 0 spiro atoms. The van der Waals surface area contributed by atoms with Crippen molar-refractivity contribution in [3.63, 3.8) is 0 Å². The predicted octanol–water partition coefficient (Wildman–Crippen LogP) is 6.99. The van der Waals surface area contributed by atoms with Crippen LogP contribution in [0.15, 0.2) is 18.2 Å². The Morgan fingerprint density at radius 2 is 1.44 bits per heavy atom. The highest BCUT2D eigenvalue weighted by Crippen LogP contribution is 2.44. The molecule has 2 saturated carbocycles. The lowest BCUT2D eigenvalue weighted by Crippen LogP contribution is -2.24. The Bertz CT molecular complexity index is 565. The van der Waals surface area contributed by atoms with Gasteiger partial charge in [0.25, 0.3) is 0 Å². The number of aryl methyl sites for hydroxylation is 1. The first-order valence-electron chi connectivity index (χ1n) is 9.68. The van der Waals surface area contributed by atoms with Gasteiger partial charge in [0.2, 0.25) is 0 Å². The van der Waals surface area contributed by atoms with Crippen molar-refractivity contribution in [1.82, 2.24) is 0 Å². The van der Waals surface area contributed by atoms with Crippen LogP contribution in [0.3, 0.4) is 0 Å². The molecule has 2 fully saturated rings. The van der Waals surface area contributed by atoms with E-state index in [1.54, 1.807) is 6.92 Å². The molecule has 0 atom stereocenters. The second kappa shape index (κ2) is 7.59. The van der Waals surface area contributed by atoms with Crippen molar-refractivity contribution in [2.24, 2.45) is 17.8 Å². The fourth-order valence-corrected chi connectivity index (χ4v) is 4.85. The molecule has 0 amide bonds. The largest absolute Gasteiger partial charge is 0.573 e. The average Bonchev–Trinajstić information content (AvgIpc) is 2.56. The molecule has 4 heteroatoms. The zero-order valence-electron chi connectivity index (χ0n) is 15.2. The summed E-state index contributed by atoms with van der Waals surface area (Å²) in [7, 11) is 0. The van der Waals surface area contributed by atoms with Crippen molar-refractivity contribution in [3.8, 4) is 5.75 Å². The molecule has 1 aromatic carbocycles. The summed E-state index contributed by atoms with van der Waals surface area (Å²) >= 11 is 0. The molecule has 0 aromatic heterocycles. The van der Waals surface area contributed by atoms with E-state index in [4.69, 9.17) is 0 Å². The zero-order chi connectivity index (χ0) is 18.0. The quantitative estimate of drug-likeness (QED) is 0.568. The molecule has 0 heterocycles. The van der Waals surface area contributed by atoms with Crippen LogP contribution in [0.4, 0.5) is 13.2 Å². The fourth-order valence-electron chi connectivity index (χ4n) is 4.85. The molecule has 2 aliphatic rings. The lowest BCUT2D eigenvalue weighted by Gasteiger charge is -2.37. The van der Waals surface area contributed by atoms with Crippen molar-refractivity contribution in [1.29, 1.82) is 0 Å². The van der Waals surface area contributed by atoms with Crippen LogP contribution in [0.25, 0.3) is 0 Å². The van der Waals surface area contributed by atoms with Crippen LogP contribution in [-0.4, -0.2) is 6.36 Å². The van der Waals surface area contributed by atoms with Crippen molar-refractivity contribution < 1.29 is 17.9 Å². The van der Waals surface area contributed by atoms with E-state index >= 15 is 0 Å². The molecule has 25 heavy (non-hydrogen) atoms. The van der Waals surface area contributed by atoms with E-state index in [9.17, 15) is 13.2 Å². The number of benzene rings is 1. The standard InChI is InChI=1S/C21H29F3O/c1-14-3-5-16(6-4-14)17-7-9-18(10-8-17)19-11-12-20(15(2)13-19)25-21(22,23)24/h11-14,16-18H,3-10H2,1-2H3. The Balaban J connectivity index is 1.57. The summed E-state index contributed by atoms with van der Waals surface area (Å²) in [5.41, 5.74) is 1.74. The Morgan fingerprint density at radius 3 is 1.96 bits per heavy atom. The van der Waals surface area contributed by atoms with Crippen LogP contribution in [0.1, 0.15) is 75.3 Å². The molecule has 0 N–H and O–H groups in total.